The molecule has 1 aromatic rings. The number of anilines is 1. The van der Waals surface area contributed by atoms with E-state index in [9.17, 15) is 0 Å². The average Bonchev–Trinajstić information content (AvgIpc) is 2.20. The molecule has 0 saturated carbocycles. The molecule has 0 N–H and O–H groups in total. The molecule has 0 aliphatic carbocycles. The largest absolute Gasteiger partial charge is 0.356 e. The lowest BCUT2D eigenvalue weighted by Crippen LogP contribution is -2.40. The maximum Gasteiger partial charge on any atom is 0.137 e. The highest BCUT2D eigenvalue weighted by molar-refractivity contribution is 6.30. The lowest BCUT2D eigenvalue weighted by Gasteiger charge is -2.39. The number of piperidine rings is 1. The second-order valence-electron chi connectivity index (χ2n) is 5.30. The predicted octanol–water partition coefficient (Wildman–Crippen LogP) is 3.06. The molecule has 2 heterocycles. The molecule has 0 spiro atoms. The summed E-state index contributed by atoms with van der Waals surface area (Å²) in [5.41, 5.74) is 1.35. The Hall–Kier alpha value is -0.830. The Morgan fingerprint density at radius 1 is 1.38 bits per heavy atom. The second kappa shape index (κ2) is 4.21. The summed E-state index contributed by atoms with van der Waals surface area (Å²) in [5.74, 6) is 0.993. The van der Waals surface area contributed by atoms with Crippen LogP contribution in [0.1, 0.15) is 32.3 Å². The third kappa shape index (κ3) is 2.29. The number of nitrogens with zero attached hydrogens (tertiary/aromatic N) is 3. The van der Waals surface area contributed by atoms with E-state index in [1.165, 1.54) is 12.8 Å². The molecule has 0 amide bonds. The van der Waals surface area contributed by atoms with Crippen molar-refractivity contribution in [2.24, 2.45) is 5.41 Å². The molecule has 1 saturated heterocycles. The van der Waals surface area contributed by atoms with Gasteiger partial charge >= 0.3 is 0 Å². The lowest BCUT2D eigenvalue weighted by molar-refractivity contribution is 0.292. The van der Waals surface area contributed by atoms with Crippen molar-refractivity contribution >= 4 is 17.4 Å². The summed E-state index contributed by atoms with van der Waals surface area (Å²) in [6.07, 6.45) is 4.04. The predicted molar refractivity (Wildman–Crippen MR) is 67.0 cm³/mol. The molecular formula is C12H18ClN3. The van der Waals surface area contributed by atoms with Crippen LogP contribution >= 0.6 is 11.6 Å². The molecule has 1 aliphatic heterocycles. The van der Waals surface area contributed by atoms with E-state index < -0.39 is 0 Å². The van der Waals surface area contributed by atoms with E-state index in [-0.39, 0.29) is 0 Å². The van der Waals surface area contributed by atoms with Gasteiger partial charge in [0.15, 0.2) is 0 Å². The van der Waals surface area contributed by atoms with E-state index in [1.807, 2.05) is 6.92 Å². The van der Waals surface area contributed by atoms with E-state index in [4.69, 9.17) is 11.6 Å². The van der Waals surface area contributed by atoms with Crippen LogP contribution in [0.5, 0.6) is 0 Å². The second-order valence-corrected chi connectivity index (χ2v) is 5.66. The minimum Gasteiger partial charge on any atom is -0.356 e. The van der Waals surface area contributed by atoms with Crippen molar-refractivity contribution in [1.82, 2.24) is 9.97 Å². The molecule has 1 aromatic heterocycles. The number of hydrogen-bond acceptors (Lipinski definition) is 3. The molecule has 2 rings (SSSR count). The topological polar surface area (TPSA) is 29.0 Å². The van der Waals surface area contributed by atoms with Gasteiger partial charge in [0, 0.05) is 18.7 Å². The van der Waals surface area contributed by atoms with Gasteiger partial charge in [-0.05, 0) is 25.2 Å². The van der Waals surface area contributed by atoms with Gasteiger partial charge in [-0.25, -0.2) is 9.97 Å². The number of rotatable bonds is 1. The van der Waals surface area contributed by atoms with Crippen molar-refractivity contribution in [3.8, 4) is 0 Å². The minimum atomic E-state index is 0.363. The maximum atomic E-state index is 6.03. The zero-order chi connectivity index (χ0) is 11.8. The van der Waals surface area contributed by atoms with Gasteiger partial charge in [-0.15, -0.1) is 0 Å². The van der Waals surface area contributed by atoms with Crippen LogP contribution in [0.15, 0.2) is 6.33 Å². The van der Waals surface area contributed by atoms with Gasteiger partial charge in [0.25, 0.3) is 0 Å². The van der Waals surface area contributed by atoms with Crippen molar-refractivity contribution in [1.29, 1.82) is 0 Å². The number of halogens is 1. The monoisotopic (exact) mass is 239 g/mol. The third-order valence-corrected chi connectivity index (χ3v) is 3.58. The van der Waals surface area contributed by atoms with E-state index in [1.54, 1.807) is 6.33 Å². The minimum absolute atomic E-state index is 0.363. The third-order valence-electron chi connectivity index (χ3n) is 3.20. The smallest absolute Gasteiger partial charge is 0.137 e. The summed E-state index contributed by atoms with van der Waals surface area (Å²) < 4.78 is 0. The SMILES string of the molecule is Cc1c(Cl)ncnc1N1CCCC(C)(C)C1. The van der Waals surface area contributed by atoms with E-state index in [2.05, 4.69) is 28.7 Å². The highest BCUT2D eigenvalue weighted by Gasteiger charge is 2.28. The van der Waals surface area contributed by atoms with E-state index >= 15 is 0 Å². The van der Waals surface area contributed by atoms with E-state index in [0.29, 0.717) is 10.6 Å². The Labute approximate surface area is 102 Å². The van der Waals surface area contributed by atoms with Gasteiger partial charge in [-0.1, -0.05) is 25.4 Å². The Bertz CT molecular complexity index is 390. The zero-order valence-electron chi connectivity index (χ0n) is 10.1. The van der Waals surface area contributed by atoms with Crippen LogP contribution in [-0.4, -0.2) is 23.1 Å². The van der Waals surface area contributed by atoms with Gasteiger partial charge in [-0.3, -0.25) is 0 Å². The lowest BCUT2D eigenvalue weighted by atomic mass is 9.84. The zero-order valence-corrected chi connectivity index (χ0v) is 10.9. The van der Waals surface area contributed by atoms with Crippen LogP contribution in [0.2, 0.25) is 5.15 Å². The molecule has 1 fully saturated rings. The molecule has 0 radical (unpaired) electrons. The Kier molecular flexibility index (Phi) is 3.06. The van der Waals surface area contributed by atoms with Gasteiger partial charge in [0.05, 0.1) is 0 Å². The van der Waals surface area contributed by atoms with Crippen molar-refractivity contribution in [3.05, 3.63) is 17.0 Å². The first-order valence-electron chi connectivity index (χ1n) is 5.72. The molecule has 1 aliphatic rings. The van der Waals surface area contributed by atoms with Crippen molar-refractivity contribution in [2.45, 2.75) is 33.6 Å². The van der Waals surface area contributed by atoms with Gasteiger partial charge in [0.2, 0.25) is 0 Å². The van der Waals surface area contributed by atoms with Gasteiger partial charge in [0.1, 0.15) is 17.3 Å². The number of aromatic nitrogens is 2. The summed E-state index contributed by atoms with van der Waals surface area (Å²) in [7, 11) is 0. The summed E-state index contributed by atoms with van der Waals surface area (Å²) in [5, 5.41) is 0.563. The van der Waals surface area contributed by atoms with Gasteiger partial charge in [-0.2, -0.15) is 0 Å². The highest BCUT2D eigenvalue weighted by atomic mass is 35.5. The normalized spacial score (nSPS) is 19.9. The molecule has 88 valence electrons. The first-order chi connectivity index (χ1) is 7.49. The highest BCUT2D eigenvalue weighted by Crippen LogP contribution is 2.32. The molecule has 4 heteroatoms. The average molecular weight is 240 g/mol. The molecule has 16 heavy (non-hydrogen) atoms. The Balaban J connectivity index is 2.27. The van der Waals surface area contributed by atoms with Crippen molar-refractivity contribution in [3.63, 3.8) is 0 Å². The fourth-order valence-corrected chi connectivity index (χ4v) is 2.47. The fraction of sp³-hybridized carbons (Fsp3) is 0.667. The molecular weight excluding hydrogens is 222 g/mol. The van der Waals surface area contributed by atoms with Crippen LogP contribution in [-0.2, 0) is 0 Å². The molecule has 0 unspecified atom stereocenters. The maximum absolute atomic E-state index is 6.03. The van der Waals surface area contributed by atoms with Crippen molar-refractivity contribution in [2.75, 3.05) is 18.0 Å². The van der Waals surface area contributed by atoms with Crippen LogP contribution in [0.3, 0.4) is 0 Å². The Morgan fingerprint density at radius 2 is 2.12 bits per heavy atom. The van der Waals surface area contributed by atoms with Gasteiger partial charge < -0.3 is 4.90 Å². The summed E-state index contributed by atoms with van der Waals surface area (Å²) in [4.78, 5) is 10.7. The van der Waals surface area contributed by atoms with Crippen LogP contribution < -0.4 is 4.90 Å². The van der Waals surface area contributed by atoms with Crippen LogP contribution in [0.25, 0.3) is 0 Å². The molecule has 0 atom stereocenters. The fourth-order valence-electron chi connectivity index (χ4n) is 2.34. The molecule has 0 aromatic carbocycles. The van der Waals surface area contributed by atoms with E-state index in [0.717, 1.165) is 24.5 Å². The standard InChI is InChI=1S/C12H18ClN3/c1-9-10(13)14-8-15-11(9)16-6-4-5-12(2,3)7-16/h8H,4-7H2,1-3H3. The summed E-state index contributed by atoms with van der Waals surface area (Å²) >= 11 is 6.03. The first-order valence-corrected chi connectivity index (χ1v) is 6.09. The van der Waals surface area contributed by atoms with Crippen LogP contribution in [0, 0.1) is 12.3 Å². The number of hydrogen-bond donors (Lipinski definition) is 0. The van der Waals surface area contributed by atoms with Crippen molar-refractivity contribution < 1.29 is 0 Å². The summed E-state index contributed by atoms with van der Waals surface area (Å²) in [6.45, 7) is 8.70. The molecule has 3 nitrogen and oxygen atoms in total. The Morgan fingerprint density at radius 3 is 2.81 bits per heavy atom. The van der Waals surface area contributed by atoms with Crippen LogP contribution in [0.4, 0.5) is 5.82 Å². The molecule has 0 bridgehead atoms. The summed E-state index contributed by atoms with van der Waals surface area (Å²) in [6, 6.07) is 0. The first kappa shape index (κ1) is 11.6. The quantitative estimate of drug-likeness (QED) is 0.706.